The molecule has 3 rings (SSSR count). The summed E-state index contributed by atoms with van der Waals surface area (Å²) >= 11 is 0. The molecule has 24 heavy (non-hydrogen) atoms. The minimum absolute atomic E-state index is 0.231. The van der Waals surface area contributed by atoms with E-state index in [2.05, 4.69) is 0 Å². The Morgan fingerprint density at radius 3 is 2.42 bits per heavy atom. The fourth-order valence-electron chi connectivity index (χ4n) is 2.54. The lowest BCUT2D eigenvalue weighted by atomic mass is 10.0. The van der Waals surface area contributed by atoms with Crippen LogP contribution in [0.3, 0.4) is 0 Å². The van der Waals surface area contributed by atoms with Crippen LogP contribution < -0.4 is 9.47 Å². The molecule has 1 heterocycles. The number of ether oxygens (including phenoxy) is 1. The monoisotopic (exact) mass is 323 g/mol. The lowest BCUT2D eigenvalue weighted by molar-refractivity contribution is -0.611. The topological polar surface area (TPSA) is 36.2 Å². The maximum atomic E-state index is 12.9. The molecule has 0 unspecified atom stereocenters. The quantitative estimate of drug-likeness (QED) is 0.524. The number of hydrogen-bond acceptors (Lipinski definition) is 2. The standard InChI is InChI=1S/C20H18FNO2/c1-15-20(3-2-13-22(15)23)17-6-10-19(11-7-17)24-14-12-16-4-8-18(21)9-5-16/h2-11,13H,12,14H2,1H3. The first-order chi connectivity index (χ1) is 11.6. The van der Waals surface area contributed by atoms with Crippen LogP contribution in [0.25, 0.3) is 11.1 Å². The molecule has 0 saturated heterocycles. The second-order valence-corrected chi connectivity index (χ2v) is 5.58. The molecule has 0 aliphatic heterocycles. The summed E-state index contributed by atoms with van der Waals surface area (Å²) in [6.07, 6.45) is 2.21. The van der Waals surface area contributed by atoms with Gasteiger partial charge in [-0.15, -0.1) is 0 Å². The summed E-state index contributed by atoms with van der Waals surface area (Å²) in [5, 5.41) is 11.6. The molecule has 0 amide bonds. The van der Waals surface area contributed by atoms with Crippen molar-refractivity contribution in [2.45, 2.75) is 13.3 Å². The van der Waals surface area contributed by atoms with E-state index >= 15 is 0 Å². The van der Waals surface area contributed by atoms with Crippen molar-refractivity contribution in [1.82, 2.24) is 0 Å². The summed E-state index contributed by atoms with van der Waals surface area (Å²) < 4.78 is 19.4. The fourth-order valence-corrected chi connectivity index (χ4v) is 2.54. The van der Waals surface area contributed by atoms with E-state index in [0.29, 0.717) is 12.3 Å². The number of halogens is 1. The van der Waals surface area contributed by atoms with Crippen LogP contribution in [-0.4, -0.2) is 6.61 Å². The summed E-state index contributed by atoms with van der Waals surface area (Å²) in [6, 6.07) is 17.8. The molecule has 0 saturated carbocycles. The van der Waals surface area contributed by atoms with Crippen molar-refractivity contribution < 1.29 is 13.9 Å². The molecule has 4 heteroatoms. The van der Waals surface area contributed by atoms with Gasteiger partial charge in [-0.2, -0.15) is 4.73 Å². The SMILES string of the molecule is Cc1c(-c2ccc(OCCc3ccc(F)cc3)cc2)ccc[n+]1[O-]. The Balaban J connectivity index is 1.62. The number of benzene rings is 2. The summed E-state index contributed by atoms with van der Waals surface area (Å²) in [4.78, 5) is 0. The maximum absolute atomic E-state index is 12.9. The van der Waals surface area contributed by atoms with E-state index in [1.165, 1.54) is 18.3 Å². The van der Waals surface area contributed by atoms with E-state index in [9.17, 15) is 9.60 Å². The summed E-state index contributed by atoms with van der Waals surface area (Å²) in [5.74, 6) is 0.537. The third-order valence-electron chi connectivity index (χ3n) is 3.94. The van der Waals surface area contributed by atoms with Crippen molar-refractivity contribution in [3.63, 3.8) is 0 Å². The second kappa shape index (κ2) is 7.13. The zero-order valence-corrected chi connectivity index (χ0v) is 13.4. The molecular formula is C20H18FNO2. The van der Waals surface area contributed by atoms with Crippen LogP contribution in [0, 0.1) is 17.9 Å². The van der Waals surface area contributed by atoms with Crippen LogP contribution in [0.4, 0.5) is 4.39 Å². The molecule has 0 N–H and O–H groups in total. The predicted octanol–water partition coefficient (Wildman–Crippen LogP) is 4.06. The highest BCUT2D eigenvalue weighted by Gasteiger charge is 2.08. The molecule has 0 atom stereocenters. The molecular weight excluding hydrogens is 305 g/mol. The third-order valence-corrected chi connectivity index (χ3v) is 3.94. The van der Waals surface area contributed by atoms with Gasteiger partial charge in [-0.1, -0.05) is 24.3 Å². The van der Waals surface area contributed by atoms with Crippen molar-refractivity contribution in [3.8, 4) is 16.9 Å². The van der Waals surface area contributed by atoms with Crippen molar-refractivity contribution in [3.05, 3.63) is 89.1 Å². The molecule has 0 radical (unpaired) electrons. The second-order valence-electron chi connectivity index (χ2n) is 5.58. The molecule has 0 fully saturated rings. The Bertz CT molecular complexity index is 814. The first-order valence-corrected chi connectivity index (χ1v) is 7.80. The van der Waals surface area contributed by atoms with Crippen LogP contribution in [0.2, 0.25) is 0 Å². The van der Waals surface area contributed by atoms with Gasteiger partial charge in [0, 0.05) is 25.0 Å². The third kappa shape index (κ3) is 3.71. The van der Waals surface area contributed by atoms with Gasteiger partial charge in [-0.05, 0) is 41.5 Å². The number of pyridine rings is 1. The largest absolute Gasteiger partial charge is 0.618 e. The van der Waals surface area contributed by atoms with E-state index in [0.717, 1.165) is 33.6 Å². The smallest absolute Gasteiger partial charge is 0.197 e. The van der Waals surface area contributed by atoms with E-state index in [-0.39, 0.29) is 5.82 Å². The van der Waals surface area contributed by atoms with Gasteiger partial charge in [0.2, 0.25) is 0 Å². The van der Waals surface area contributed by atoms with Gasteiger partial charge in [0.1, 0.15) is 11.6 Å². The summed E-state index contributed by atoms with van der Waals surface area (Å²) in [6.45, 7) is 2.32. The fraction of sp³-hybridized carbons (Fsp3) is 0.150. The van der Waals surface area contributed by atoms with Gasteiger partial charge in [0.15, 0.2) is 11.9 Å². The highest BCUT2D eigenvalue weighted by atomic mass is 19.1. The van der Waals surface area contributed by atoms with Gasteiger partial charge in [-0.25, -0.2) is 4.39 Å². The van der Waals surface area contributed by atoms with Crippen molar-refractivity contribution in [1.29, 1.82) is 0 Å². The Morgan fingerprint density at radius 2 is 1.71 bits per heavy atom. The number of hydrogen-bond donors (Lipinski definition) is 0. The number of aromatic nitrogens is 1. The average Bonchev–Trinajstić information content (AvgIpc) is 2.60. The maximum Gasteiger partial charge on any atom is 0.197 e. The first kappa shape index (κ1) is 16.0. The van der Waals surface area contributed by atoms with Crippen molar-refractivity contribution in [2.75, 3.05) is 6.61 Å². The van der Waals surface area contributed by atoms with Crippen LogP contribution in [-0.2, 0) is 6.42 Å². The molecule has 2 aromatic carbocycles. The lowest BCUT2D eigenvalue weighted by Crippen LogP contribution is -2.29. The van der Waals surface area contributed by atoms with Gasteiger partial charge in [0.25, 0.3) is 0 Å². The van der Waals surface area contributed by atoms with Crippen molar-refractivity contribution >= 4 is 0 Å². The van der Waals surface area contributed by atoms with Crippen molar-refractivity contribution in [2.24, 2.45) is 0 Å². The Labute approximate surface area is 140 Å². The lowest BCUT2D eigenvalue weighted by Gasteiger charge is -2.09. The van der Waals surface area contributed by atoms with Crippen LogP contribution in [0.5, 0.6) is 5.75 Å². The minimum atomic E-state index is -0.231. The first-order valence-electron chi connectivity index (χ1n) is 7.80. The number of nitrogens with zero attached hydrogens (tertiary/aromatic N) is 1. The van der Waals surface area contributed by atoms with Gasteiger partial charge in [-0.3, -0.25) is 0 Å². The van der Waals surface area contributed by atoms with E-state index in [1.54, 1.807) is 25.1 Å². The molecule has 122 valence electrons. The van der Waals surface area contributed by atoms with Gasteiger partial charge < -0.3 is 9.94 Å². The van der Waals surface area contributed by atoms with Crippen LogP contribution in [0.15, 0.2) is 66.9 Å². The normalized spacial score (nSPS) is 10.6. The zero-order valence-electron chi connectivity index (χ0n) is 13.4. The summed E-state index contributed by atoms with van der Waals surface area (Å²) in [5.41, 5.74) is 3.59. The van der Waals surface area contributed by atoms with Gasteiger partial charge in [0.05, 0.1) is 6.61 Å². The van der Waals surface area contributed by atoms with Crippen LogP contribution in [0.1, 0.15) is 11.3 Å². The predicted molar refractivity (Wildman–Crippen MR) is 91.2 cm³/mol. The summed E-state index contributed by atoms with van der Waals surface area (Å²) in [7, 11) is 0. The van der Waals surface area contributed by atoms with E-state index in [1.807, 2.05) is 30.3 Å². The van der Waals surface area contributed by atoms with E-state index in [4.69, 9.17) is 4.74 Å². The molecule has 0 bridgehead atoms. The molecule has 0 aliphatic rings. The van der Waals surface area contributed by atoms with E-state index < -0.39 is 0 Å². The molecule has 3 nitrogen and oxygen atoms in total. The molecule has 1 aromatic heterocycles. The Kier molecular flexibility index (Phi) is 4.75. The zero-order chi connectivity index (χ0) is 16.9. The minimum Gasteiger partial charge on any atom is -0.618 e. The van der Waals surface area contributed by atoms with Gasteiger partial charge >= 0.3 is 0 Å². The highest BCUT2D eigenvalue weighted by molar-refractivity contribution is 5.65. The molecule has 0 spiro atoms. The molecule has 0 aliphatic carbocycles. The average molecular weight is 323 g/mol. The molecule has 3 aromatic rings. The highest BCUT2D eigenvalue weighted by Crippen LogP contribution is 2.23. The number of rotatable bonds is 5. The Morgan fingerprint density at radius 1 is 1.00 bits per heavy atom. The van der Waals surface area contributed by atoms with Crippen LogP contribution >= 0.6 is 0 Å². The Hall–Kier alpha value is -2.88.